The van der Waals surface area contributed by atoms with Gasteiger partial charge in [0.2, 0.25) is 5.91 Å². The van der Waals surface area contributed by atoms with Gasteiger partial charge in [0.05, 0.1) is 21.2 Å². The number of nitrogens with one attached hydrogen (secondary N) is 3. The topological polar surface area (TPSA) is 150 Å². The van der Waals surface area contributed by atoms with Gasteiger partial charge >= 0.3 is 0 Å². The molecule has 1 aromatic carbocycles. The van der Waals surface area contributed by atoms with Gasteiger partial charge in [-0.3, -0.25) is 24.5 Å². The minimum Gasteiger partial charge on any atom is -0.481 e. The van der Waals surface area contributed by atoms with Gasteiger partial charge in [-0.1, -0.05) is 23.5 Å². The SMILES string of the molecule is CC(=O)Nc1nc(C)c(-c2csc(Nc3cccc(/C=C4\SC(=O)NC4=O)c3)n2)s1.CC(=O)O. The lowest BCUT2D eigenvalue weighted by atomic mass is 10.2. The number of carbonyl (C=O) groups is 4. The smallest absolute Gasteiger partial charge is 0.300 e. The minimum absolute atomic E-state index is 0.163. The first kappa shape index (κ1) is 25.1. The van der Waals surface area contributed by atoms with E-state index in [9.17, 15) is 14.4 Å². The second-order valence-electron chi connectivity index (χ2n) is 6.77. The summed E-state index contributed by atoms with van der Waals surface area (Å²) in [6, 6.07) is 7.47. The number of amides is 3. The van der Waals surface area contributed by atoms with Gasteiger partial charge in [-0.05, 0) is 42.5 Å². The van der Waals surface area contributed by atoms with Crippen molar-refractivity contribution < 1.29 is 24.3 Å². The Balaban J connectivity index is 0.000000751. The number of benzene rings is 1. The van der Waals surface area contributed by atoms with Crippen molar-refractivity contribution in [3.63, 3.8) is 0 Å². The number of aryl methyl sites for hydroxylation is 1. The molecule has 2 aromatic heterocycles. The van der Waals surface area contributed by atoms with Crippen molar-refractivity contribution in [2.24, 2.45) is 0 Å². The Morgan fingerprint density at radius 2 is 1.88 bits per heavy atom. The van der Waals surface area contributed by atoms with Crippen LogP contribution < -0.4 is 16.0 Å². The number of thiazole rings is 2. The maximum atomic E-state index is 11.7. The Kier molecular flexibility index (Phi) is 8.15. The molecule has 3 aromatic rings. The van der Waals surface area contributed by atoms with E-state index in [1.807, 2.05) is 36.6 Å². The predicted octanol–water partition coefficient (Wildman–Crippen LogP) is 4.69. The highest BCUT2D eigenvalue weighted by Gasteiger charge is 2.24. The van der Waals surface area contributed by atoms with E-state index >= 15 is 0 Å². The van der Waals surface area contributed by atoms with Crippen molar-refractivity contribution in [1.29, 1.82) is 0 Å². The van der Waals surface area contributed by atoms with E-state index in [4.69, 9.17) is 9.90 Å². The van der Waals surface area contributed by atoms with Crippen LogP contribution in [0, 0.1) is 6.92 Å². The van der Waals surface area contributed by atoms with Crippen LogP contribution >= 0.6 is 34.4 Å². The molecule has 176 valence electrons. The number of thioether (sulfide) groups is 1. The molecule has 0 atom stereocenters. The van der Waals surface area contributed by atoms with Gasteiger partial charge in [0.25, 0.3) is 17.1 Å². The van der Waals surface area contributed by atoms with Crippen LogP contribution in [0.25, 0.3) is 16.6 Å². The van der Waals surface area contributed by atoms with Crippen LogP contribution in [0.4, 0.5) is 20.7 Å². The summed E-state index contributed by atoms with van der Waals surface area (Å²) in [5, 5.41) is 18.4. The van der Waals surface area contributed by atoms with Crippen LogP contribution in [0.15, 0.2) is 34.6 Å². The first-order valence-electron chi connectivity index (χ1n) is 9.63. The normalized spacial score (nSPS) is 13.8. The van der Waals surface area contributed by atoms with E-state index in [0.717, 1.165) is 46.2 Å². The van der Waals surface area contributed by atoms with Crippen molar-refractivity contribution in [3.8, 4) is 10.6 Å². The zero-order chi connectivity index (χ0) is 24.8. The predicted molar refractivity (Wildman–Crippen MR) is 134 cm³/mol. The molecule has 34 heavy (non-hydrogen) atoms. The number of hydrogen-bond donors (Lipinski definition) is 4. The van der Waals surface area contributed by atoms with Gasteiger partial charge in [0, 0.05) is 24.9 Å². The molecule has 3 heterocycles. The average molecular weight is 518 g/mol. The highest BCUT2D eigenvalue weighted by molar-refractivity contribution is 8.18. The molecule has 1 aliphatic rings. The summed E-state index contributed by atoms with van der Waals surface area (Å²) in [7, 11) is 0. The number of imide groups is 1. The lowest BCUT2D eigenvalue weighted by molar-refractivity contribution is -0.134. The minimum atomic E-state index is -0.833. The molecule has 1 saturated heterocycles. The Labute approximate surface area is 206 Å². The molecule has 1 aliphatic heterocycles. The fourth-order valence-electron chi connectivity index (χ4n) is 2.68. The van der Waals surface area contributed by atoms with E-state index in [0.29, 0.717) is 15.2 Å². The van der Waals surface area contributed by atoms with Crippen LogP contribution in [0.2, 0.25) is 0 Å². The molecule has 13 heteroatoms. The lowest BCUT2D eigenvalue weighted by Crippen LogP contribution is -2.17. The van der Waals surface area contributed by atoms with Crippen LogP contribution in [0.5, 0.6) is 0 Å². The van der Waals surface area contributed by atoms with Crippen LogP contribution in [0.3, 0.4) is 0 Å². The van der Waals surface area contributed by atoms with E-state index in [2.05, 4.69) is 25.9 Å². The van der Waals surface area contributed by atoms with Gasteiger partial charge in [0.1, 0.15) is 0 Å². The maximum absolute atomic E-state index is 11.7. The number of rotatable bonds is 5. The molecule has 10 nitrogen and oxygen atoms in total. The molecule has 0 bridgehead atoms. The van der Waals surface area contributed by atoms with E-state index in [-0.39, 0.29) is 17.1 Å². The highest BCUT2D eigenvalue weighted by atomic mass is 32.2. The number of carboxylic acids is 1. The third-order valence-electron chi connectivity index (χ3n) is 3.89. The van der Waals surface area contributed by atoms with E-state index in [1.54, 1.807) is 6.08 Å². The quantitative estimate of drug-likeness (QED) is 0.353. The summed E-state index contributed by atoms with van der Waals surface area (Å²) in [6.45, 7) is 4.41. The second kappa shape index (κ2) is 11.0. The maximum Gasteiger partial charge on any atom is 0.300 e. The van der Waals surface area contributed by atoms with Crippen molar-refractivity contribution in [3.05, 3.63) is 45.8 Å². The molecular formula is C21H19N5O5S3. The van der Waals surface area contributed by atoms with Gasteiger partial charge < -0.3 is 15.7 Å². The van der Waals surface area contributed by atoms with Gasteiger partial charge in [0.15, 0.2) is 10.3 Å². The monoisotopic (exact) mass is 517 g/mol. The summed E-state index contributed by atoms with van der Waals surface area (Å²) in [6.07, 6.45) is 1.67. The first-order chi connectivity index (χ1) is 16.1. The standard InChI is InChI=1S/C19H15N5O3S3.C2H4O2/c1-9-15(30-18(20-9)21-10(2)25)13-8-28-17(23-13)22-12-5-3-4-11(6-12)7-14-16(26)24-19(27)29-14;1-2(3)4/h3-8H,1-2H3,(H,22,23)(H,20,21,25)(H,24,26,27);1H3,(H,3,4)/b14-7-;. The Morgan fingerprint density at radius 3 is 2.53 bits per heavy atom. The second-order valence-corrected chi connectivity index (χ2v) is 9.65. The Hall–Kier alpha value is -3.55. The molecule has 0 saturated carbocycles. The van der Waals surface area contributed by atoms with Crippen LogP contribution in [-0.2, 0) is 14.4 Å². The molecular weight excluding hydrogens is 498 g/mol. The summed E-state index contributed by atoms with van der Waals surface area (Å²) < 4.78 is 0. The number of carbonyl (C=O) groups excluding carboxylic acids is 3. The molecule has 0 unspecified atom stereocenters. The fourth-order valence-corrected chi connectivity index (χ4v) is 5.13. The Morgan fingerprint density at radius 1 is 1.15 bits per heavy atom. The van der Waals surface area contributed by atoms with Gasteiger partial charge in [-0.2, -0.15) is 0 Å². The third kappa shape index (κ3) is 6.97. The lowest BCUT2D eigenvalue weighted by Gasteiger charge is -2.04. The third-order valence-corrected chi connectivity index (χ3v) is 6.56. The van der Waals surface area contributed by atoms with Crippen molar-refractivity contribution >= 4 is 79.5 Å². The summed E-state index contributed by atoms with van der Waals surface area (Å²) >= 11 is 3.72. The number of nitrogens with zero attached hydrogens (tertiary/aromatic N) is 2. The van der Waals surface area contributed by atoms with Gasteiger partial charge in [-0.15, -0.1) is 11.3 Å². The fraction of sp³-hybridized carbons (Fsp3) is 0.143. The van der Waals surface area contributed by atoms with Crippen LogP contribution in [-0.4, -0.2) is 38.1 Å². The molecule has 3 amide bonds. The molecule has 4 rings (SSSR count). The molecule has 0 radical (unpaired) electrons. The molecule has 1 fully saturated rings. The van der Waals surface area contributed by atoms with Crippen molar-refractivity contribution in [2.45, 2.75) is 20.8 Å². The number of aliphatic carboxylic acids is 1. The number of anilines is 3. The summed E-state index contributed by atoms with van der Waals surface area (Å²) in [5.41, 5.74) is 3.18. The molecule has 0 aliphatic carbocycles. The highest BCUT2D eigenvalue weighted by Crippen LogP contribution is 2.35. The van der Waals surface area contributed by atoms with E-state index in [1.165, 1.54) is 29.6 Å². The zero-order valence-corrected chi connectivity index (χ0v) is 20.6. The van der Waals surface area contributed by atoms with Crippen molar-refractivity contribution in [2.75, 3.05) is 10.6 Å². The zero-order valence-electron chi connectivity index (χ0n) is 18.2. The number of hydrogen-bond acceptors (Lipinski definition) is 10. The average Bonchev–Trinajstić information content (AvgIpc) is 3.40. The first-order valence-corrected chi connectivity index (χ1v) is 12.1. The largest absolute Gasteiger partial charge is 0.481 e. The number of carboxylic acid groups (broad SMARTS) is 1. The van der Waals surface area contributed by atoms with E-state index < -0.39 is 5.97 Å². The molecule has 4 N–H and O–H groups in total. The summed E-state index contributed by atoms with van der Waals surface area (Å²) in [5.74, 6) is -1.38. The van der Waals surface area contributed by atoms with Gasteiger partial charge in [-0.25, -0.2) is 9.97 Å². The number of aromatic nitrogens is 2. The van der Waals surface area contributed by atoms with Crippen molar-refractivity contribution in [1.82, 2.24) is 15.3 Å². The van der Waals surface area contributed by atoms with Crippen LogP contribution in [0.1, 0.15) is 25.1 Å². The Bertz CT molecular complexity index is 1290. The molecule has 0 spiro atoms. The summed E-state index contributed by atoms with van der Waals surface area (Å²) in [4.78, 5) is 53.5.